The van der Waals surface area contributed by atoms with Crippen LogP contribution in [-0.2, 0) is 11.3 Å². The van der Waals surface area contributed by atoms with Gasteiger partial charge in [0.25, 0.3) is 0 Å². The normalized spacial score (nSPS) is 10.2. The zero-order chi connectivity index (χ0) is 15.1. The summed E-state index contributed by atoms with van der Waals surface area (Å²) >= 11 is 0. The first-order valence-electron chi connectivity index (χ1n) is 6.48. The maximum absolute atomic E-state index is 11.6. The van der Waals surface area contributed by atoms with Gasteiger partial charge in [0, 0.05) is 33.3 Å². The van der Waals surface area contributed by atoms with E-state index in [1.165, 1.54) is 17.3 Å². The third-order valence-electron chi connectivity index (χ3n) is 2.68. The van der Waals surface area contributed by atoms with Crippen molar-refractivity contribution < 1.29 is 4.79 Å². The predicted molar refractivity (Wildman–Crippen MR) is 77.9 cm³/mol. The molecule has 2 N–H and O–H groups in total. The van der Waals surface area contributed by atoms with Gasteiger partial charge in [0.1, 0.15) is 19.2 Å². The molecular weight excluding hydrogens is 272 g/mol. The highest BCUT2D eigenvalue weighted by Gasteiger charge is 2.03. The number of amides is 1. The van der Waals surface area contributed by atoms with E-state index >= 15 is 0 Å². The third-order valence-corrected chi connectivity index (χ3v) is 2.68. The van der Waals surface area contributed by atoms with Crippen LogP contribution in [0.2, 0.25) is 0 Å². The largest absolute Gasteiger partial charge is 0.376 e. The first-order valence-corrected chi connectivity index (χ1v) is 6.48. The van der Waals surface area contributed by atoms with Crippen molar-refractivity contribution >= 4 is 17.4 Å². The second kappa shape index (κ2) is 7.17. The average molecular weight is 290 g/mol. The van der Waals surface area contributed by atoms with Gasteiger partial charge in [0.15, 0.2) is 5.82 Å². The van der Waals surface area contributed by atoms with Crippen LogP contribution in [0.5, 0.6) is 0 Å². The topological polar surface area (TPSA) is 101 Å². The van der Waals surface area contributed by atoms with Crippen LogP contribution < -0.4 is 15.5 Å². The van der Waals surface area contributed by atoms with Crippen molar-refractivity contribution in [3.05, 3.63) is 24.9 Å². The number of carbonyl (C=O) groups is 1. The molecule has 21 heavy (non-hydrogen) atoms. The summed E-state index contributed by atoms with van der Waals surface area (Å²) in [5.41, 5.74) is 0.961. The van der Waals surface area contributed by atoms with Crippen LogP contribution in [0.25, 0.3) is 0 Å². The van der Waals surface area contributed by atoms with Crippen molar-refractivity contribution in [2.24, 2.45) is 0 Å². The van der Waals surface area contributed by atoms with Crippen molar-refractivity contribution in [3.63, 3.8) is 0 Å². The number of nitrogens with one attached hydrogen (secondary N) is 2. The van der Waals surface area contributed by atoms with E-state index < -0.39 is 0 Å². The minimum Gasteiger partial charge on any atom is -0.376 e. The number of anilines is 2. The van der Waals surface area contributed by atoms with Crippen LogP contribution in [0.15, 0.2) is 24.9 Å². The molecule has 0 atom stereocenters. The fraction of sp³-hybridized carbons (Fsp3) is 0.417. The molecule has 2 aromatic rings. The molecule has 0 unspecified atom stereocenters. The van der Waals surface area contributed by atoms with Gasteiger partial charge in [0.2, 0.25) is 5.91 Å². The molecule has 0 aromatic carbocycles. The number of aromatic nitrogens is 5. The molecule has 0 bridgehead atoms. The van der Waals surface area contributed by atoms with E-state index in [0.29, 0.717) is 18.9 Å². The number of hydrogen-bond acceptors (Lipinski definition) is 7. The first kappa shape index (κ1) is 14.7. The standard InChI is InChI=1S/C12H18N8O/c1-19(2)10-5-11(18-16-6-10)14-3-4-15-12(21)7-20-9-13-8-17-20/h5-6,8-9H,3-4,7H2,1-2H3,(H,14,18)(H,15,21). The lowest BCUT2D eigenvalue weighted by Gasteiger charge is -2.13. The molecule has 112 valence electrons. The van der Waals surface area contributed by atoms with E-state index in [4.69, 9.17) is 0 Å². The summed E-state index contributed by atoms with van der Waals surface area (Å²) in [5.74, 6) is 0.558. The average Bonchev–Trinajstić information content (AvgIpc) is 2.97. The van der Waals surface area contributed by atoms with Crippen molar-refractivity contribution in [2.45, 2.75) is 6.54 Å². The SMILES string of the molecule is CN(C)c1cnnc(NCCNC(=O)Cn2cncn2)c1. The van der Waals surface area contributed by atoms with Crippen molar-refractivity contribution in [3.8, 4) is 0 Å². The van der Waals surface area contributed by atoms with Crippen molar-refractivity contribution in [2.75, 3.05) is 37.4 Å². The van der Waals surface area contributed by atoms with E-state index in [-0.39, 0.29) is 12.5 Å². The third kappa shape index (κ3) is 4.71. The van der Waals surface area contributed by atoms with E-state index in [1.807, 2.05) is 25.1 Å². The second-order valence-corrected chi connectivity index (χ2v) is 4.56. The van der Waals surface area contributed by atoms with Gasteiger partial charge in [-0.05, 0) is 0 Å². The summed E-state index contributed by atoms with van der Waals surface area (Å²) in [6.07, 6.45) is 4.58. The Balaban J connectivity index is 1.69. The highest BCUT2D eigenvalue weighted by Crippen LogP contribution is 2.12. The second-order valence-electron chi connectivity index (χ2n) is 4.56. The smallest absolute Gasteiger partial charge is 0.241 e. The maximum Gasteiger partial charge on any atom is 0.241 e. The molecule has 0 aliphatic carbocycles. The van der Waals surface area contributed by atoms with Gasteiger partial charge >= 0.3 is 0 Å². The maximum atomic E-state index is 11.6. The van der Waals surface area contributed by atoms with Crippen molar-refractivity contribution in [1.29, 1.82) is 0 Å². The Morgan fingerprint density at radius 2 is 2.24 bits per heavy atom. The van der Waals surface area contributed by atoms with Crippen LogP contribution in [0, 0.1) is 0 Å². The summed E-state index contributed by atoms with van der Waals surface area (Å²) in [6.45, 7) is 1.21. The minimum absolute atomic E-state index is 0.115. The Morgan fingerprint density at radius 1 is 1.38 bits per heavy atom. The summed E-state index contributed by atoms with van der Waals surface area (Å²) in [5, 5.41) is 17.6. The summed E-state index contributed by atoms with van der Waals surface area (Å²) in [7, 11) is 3.87. The molecule has 9 heteroatoms. The highest BCUT2D eigenvalue weighted by molar-refractivity contribution is 5.75. The number of hydrogen-bond donors (Lipinski definition) is 2. The zero-order valence-corrected chi connectivity index (χ0v) is 12.0. The Labute approximate surface area is 122 Å². The Morgan fingerprint density at radius 3 is 2.95 bits per heavy atom. The first-order chi connectivity index (χ1) is 10.1. The molecule has 0 spiro atoms. The molecule has 2 aromatic heterocycles. The van der Waals surface area contributed by atoms with E-state index in [1.54, 1.807) is 6.20 Å². The van der Waals surface area contributed by atoms with Gasteiger partial charge < -0.3 is 15.5 Å². The Bertz CT molecular complexity index is 568. The number of rotatable bonds is 7. The van der Waals surface area contributed by atoms with Gasteiger partial charge in [0.05, 0.1) is 11.9 Å². The predicted octanol–water partition coefficient (Wildman–Crippen LogP) is -0.638. The van der Waals surface area contributed by atoms with Gasteiger partial charge in [-0.2, -0.15) is 10.2 Å². The molecule has 0 saturated carbocycles. The molecule has 0 radical (unpaired) electrons. The summed E-state index contributed by atoms with van der Waals surface area (Å²) in [6, 6.07) is 1.89. The molecule has 2 rings (SSSR count). The van der Waals surface area contributed by atoms with Crippen molar-refractivity contribution in [1.82, 2.24) is 30.3 Å². The van der Waals surface area contributed by atoms with Crippen LogP contribution in [0.3, 0.4) is 0 Å². The fourth-order valence-corrected chi connectivity index (χ4v) is 1.60. The van der Waals surface area contributed by atoms with Crippen LogP contribution >= 0.6 is 0 Å². The molecule has 2 heterocycles. The zero-order valence-electron chi connectivity index (χ0n) is 12.0. The molecule has 0 aliphatic heterocycles. The lowest BCUT2D eigenvalue weighted by Crippen LogP contribution is -2.31. The highest BCUT2D eigenvalue weighted by atomic mass is 16.2. The van der Waals surface area contributed by atoms with E-state index in [9.17, 15) is 4.79 Å². The molecule has 0 fully saturated rings. The number of carbonyl (C=O) groups excluding carboxylic acids is 1. The summed E-state index contributed by atoms with van der Waals surface area (Å²) < 4.78 is 1.47. The molecular formula is C12H18N8O. The van der Waals surface area contributed by atoms with E-state index in [2.05, 4.69) is 30.9 Å². The van der Waals surface area contributed by atoms with Gasteiger partial charge in [-0.25, -0.2) is 9.67 Å². The molecule has 0 saturated heterocycles. The molecule has 0 aliphatic rings. The quantitative estimate of drug-likeness (QED) is 0.654. The van der Waals surface area contributed by atoms with E-state index in [0.717, 1.165) is 5.69 Å². The molecule has 1 amide bonds. The monoisotopic (exact) mass is 290 g/mol. The van der Waals surface area contributed by atoms with Gasteiger partial charge in [-0.15, -0.1) is 5.10 Å². The summed E-state index contributed by atoms with van der Waals surface area (Å²) in [4.78, 5) is 17.3. The van der Waals surface area contributed by atoms with Gasteiger partial charge in [-0.3, -0.25) is 4.79 Å². The number of nitrogens with zero attached hydrogens (tertiary/aromatic N) is 6. The minimum atomic E-state index is -0.115. The van der Waals surface area contributed by atoms with Crippen LogP contribution in [0.1, 0.15) is 0 Å². The lowest BCUT2D eigenvalue weighted by atomic mass is 10.4. The fourth-order valence-electron chi connectivity index (χ4n) is 1.60. The van der Waals surface area contributed by atoms with Crippen LogP contribution in [0.4, 0.5) is 11.5 Å². The van der Waals surface area contributed by atoms with Crippen LogP contribution in [-0.4, -0.2) is 58.1 Å². The van der Waals surface area contributed by atoms with Gasteiger partial charge in [-0.1, -0.05) is 0 Å². The Hall–Kier alpha value is -2.71. The lowest BCUT2D eigenvalue weighted by molar-refractivity contribution is -0.121. The molecule has 9 nitrogen and oxygen atoms in total. The Kier molecular flexibility index (Phi) is 5.02.